The van der Waals surface area contributed by atoms with E-state index in [-0.39, 0.29) is 5.78 Å². The third kappa shape index (κ3) is 3.26. The van der Waals surface area contributed by atoms with Crippen LogP contribution in [0.15, 0.2) is 30.3 Å². The van der Waals surface area contributed by atoms with Gasteiger partial charge in [-0.15, -0.1) is 0 Å². The summed E-state index contributed by atoms with van der Waals surface area (Å²) in [5, 5.41) is 0.379. The van der Waals surface area contributed by atoms with Gasteiger partial charge in [0.1, 0.15) is 5.15 Å². The highest BCUT2D eigenvalue weighted by atomic mass is 35.5. The normalized spacial score (nSPS) is 10.6. The van der Waals surface area contributed by atoms with E-state index in [1.807, 2.05) is 38.1 Å². The molecule has 104 valence electrons. The first-order valence-electron chi connectivity index (χ1n) is 6.79. The van der Waals surface area contributed by atoms with Crippen LogP contribution in [0, 0.1) is 13.8 Å². The van der Waals surface area contributed by atoms with Gasteiger partial charge in [0, 0.05) is 16.8 Å². The molecule has 0 aliphatic carbocycles. The number of aromatic nitrogens is 1. The first-order valence-corrected chi connectivity index (χ1v) is 7.17. The van der Waals surface area contributed by atoms with Crippen molar-refractivity contribution in [3.05, 3.63) is 63.4 Å². The summed E-state index contributed by atoms with van der Waals surface area (Å²) >= 11 is 6.03. The summed E-state index contributed by atoms with van der Waals surface area (Å²) in [7, 11) is 0. The molecular formula is C17H18ClNO. The lowest BCUT2D eigenvalue weighted by molar-refractivity contribution is 0.103. The lowest BCUT2D eigenvalue weighted by Crippen LogP contribution is -2.06. The van der Waals surface area contributed by atoms with E-state index < -0.39 is 0 Å². The molecule has 0 amide bonds. The van der Waals surface area contributed by atoms with Gasteiger partial charge < -0.3 is 0 Å². The van der Waals surface area contributed by atoms with Gasteiger partial charge >= 0.3 is 0 Å². The van der Waals surface area contributed by atoms with Crippen LogP contribution in [-0.4, -0.2) is 10.8 Å². The second-order valence-electron chi connectivity index (χ2n) is 5.07. The van der Waals surface area contributed by atoms with Crippen molar-refractivity contribution in [3.8, 4) is 0 Å². The summed E-state index contributed by atoms with van der Waals surface area (Å²) in [6, 6.07) is 9.39. The SMILES string of the molecule is CCCc1cc(C(=O)c2cc(C)ccc2C)cc(Cl)n1. The fraction of sp³-hybridized carbons (Fsp3) is 0.294. The smallest absolute Gasteiger partial charge is 0.193 e. The number of ketones is 1. The van der Waals surface area contributed by atoms with Crippen molar-refractivity contribution in [1.82, 2.24) is 4.98 Å². The maximum Gasteiger partial charge on any atom is 0.193 e. The van der Waals surface area contributed by atoms with Crippen LogP contribution in [0.5, 0.6) is 0 Å². The van der Waals surface area contributed by atoms with Crippen LogP contribution >= 0.6 is 11.6 Å². The molecule has 0 atom stereocenters. The monoisotopic (exact) mass is 287 g/mol. The molecule has 0 aliphatic rings. The molecule has 0 bridgehead atoms. The molecule has 1 heterocycles. The van der Waals surface area contributed by atoms with Gasteiger partial charge in [0.15, 0.2) is 5.78 Å². The average molecular weight is 288 g/mol. The Morgan fingerprint density at radius 1 is 1.20 bits per heavy atom. The lowest BCUT2D eigenvalue weighted by Gasteiger charge is -2.08. The zero-order valence-electron chi connectivity index (χ0n) is 12.0. The minimum absolute atomic E-state index is 0.00727. The molecule has 0 N–H and O–H groups in total. The zero-order valence-corrected chi connectivity index (χ0v) is 12.8. The minimum Gasteiger partial charge on any atom is -0.289 e. The number of halogens is 1. The number of hydrogen-bond donors (Lipinski definition) is 0. The summed E-state index contributed by atoms with van der Waals surface area (Å²) in [4.78, 5) is 16.9. The predicted molar refractivity (Wildman–Crippen MR) is 82.6 cm³/mol. The molecule has 0 fully saturated rings. The molecular weight excluding hydrogens is 270 g/mol. The summed E-state index contributed by atoms with van der Waals surface area (Å²) in [5.74, 6) is 0.00727. The maximum absolute atomic E-state index is 12.6. The Morgan fingerprint density at radius 3 is 2.65 bits per heavy atom. The van der Waals surface area contributed by atoms with E-state index in [2.05, 4.69) is 11.9 Å². The van der Waals surface area contributed by atoms with Gasteiger partial charge in [-0.1, -0.05) is 42.6 Å². The number of carbonyl (C=O) groups excluding carboxylic acids is 1. The standard InChI is InChI=1S/C17H18ClNO/c1-4-5-14-9-13(10-16(18)19-14)17(20)15-8-11(2)6-7-12(15)3/h6-10H,4-5H2,1-3H3. The Balaban J connectivity index is 2.45. The third-order valence-corrected chi connectivity index (χ3v) is 3.45. The average Bonchev–Trinajstić information content (AvgIpc) is 2.40. The van der Waals surface area contributed by atoms with Crippen LogP contribution in [0.4, 0.5) is 0 Å². The van der Waals surface area contributed by atoms with E-state index in [9.17, 15) is 4.79 Å². The van der Waals surface area contributed by atoms with Gasteiger partial charge in [-0.05, 0) is 44.0 Å². The Labute approximate surface area is 124 Å². The van der Waals surface area contributed by atoms with Crippen LogP contribution in [0.25, 0.3) is 0 Å². The van der Waals surface area contributed by atoms with Gasteiger partial charge in [0.05, 0.1) is 0 Å². The van der Waals surface area contributed by atoms with E-state index >= 15 is 0 Å². The number of rotatable bonds is 4. The fourth-order valence-electron chi connectivity index (χ4n) is 2.20. The quantitative estimate of drug-likeness (QED) is 0.610. The van der Waals surface area contributed by atoms with Crippen LogP contribution in [-0.2, 0) is 6.42 Å². The topological polar surface area (TPSA) is 30.0 Å². The van der Waals surface area contributed by atoms with Crippen LogP contribution in [0.2, 0.25) is 5.15 Å². The summed E-state index contributed by atoms with van der Waals surface area (Å²) < 4.78 is 0. The molecule has 20 heavy (non-hydrogen) atoms. The number of benzene rings is 1. The van der Waals surface area contributed by atoms with Crippen molar-refractivity contribution in [3.63, 3.8) is 0 Å². The molecule has 0 spiro atoms. The van der Waals surface area contributed by atoms with Crippen molar-refractivity contribution in [2.24, 2.45) is 0 Å². The van der Waals surface area contributed by atoms with E-state index in [0.29, 0.717) is 10.7 Å². The number of aryl methyl sites for hydroxylation is 3. The van der Waals surface area contributed by atoms with Crippen LogP contribution in [0.1, 0.15) is 46.1 Å². The number of nitrogens with zero attached hydrogens (tertiary/aromatic N) is 1. The first-order chi connectivity index (χ1) is 9.51. The number of pyridine rings is 1. The molecule has 1 aromatic heterocycles. The third-order valence-electron chi connectivity index (χ3n) is 3.25. The Kier molecular flexibility index (Phi) is 4.56. The second kappa shape index (κ2) is 6.19. The molecule has 0 unspecified atom stereocenters. The molecule has 3 heteroatoms. The Bertz CT molecular complexity index is 649. The van der Waals surface area contributed by atoms with Gasteiger partial charge in [-0.25, -0.2) is 4.98 Å². The fourth-order valence-corrected chi connectivity index (χ4v) is 2.43. The van der Waals surface area contributed by atoms with Crippen molar-refractivity contribution in [1.29, 1.82) is 0 Å². The molecule has 2 nitrogen and oxygen atoms in total. The molecule has 0 saturated carbocycles. The number of hydrogen-bond acceptors (Lipinski definition) is 2. The van der Waals surface area contributed by atoms with Gasteiger partial charge in [-0.3, -0.25) is 4.79 Å². The highest BCUT2D eigenvalue weighted by Gasteiger charge is 2.14. The van der Waals surface area contributed by atoms with Gasteiger partial charge in [-0.2, -0.15) is 0 Å². The Morgan fingerprint density at radius 2 is 1.95 bits per heavy atom. The molecule has 1 aromatic carbocycles. The van der Waals surface area contributed by atoms with Crippen molar-refractivity contribution >= 4 is 17.4 Å². The predicted octanol–water partition coefficient (Wildman–Crippen LogP) is 4.54. The highest BCUT2D eigenvalue weighted by Crippen LogP contribution is 2.19. The molecule has 0 aliphatic heterocycles. The maximum atomic E-state index is 12.6. The van der Waals surface area contributed by atoms with Crippen molar-refractivity contribution in [2.75, 3.05) is 0 Å². The summed E-state index contributed by atoms with van der Waals surface area (Å²) in [5.41, 5.74) is 4.27. The highest BCUT2D eigenvalue weighted by molar-refractivity contribution is 6.30. The van der Waals surface area contributed by atoms with E-state index in [0.717, 1.165) is 35.2 Å². The van der Waals surface area contributed by atoms with E-state index in [4.69, 9.17) is 11.6 Å². The Hall–Kier alpha value is -1.67. The molecule has 2 rings (SSSR count). The van der Waals surface area contributed by atoms with Crippen molar-refractivity contribution in [2.45, 2.75) is 33.6 Å². The lowest BCUT2D eigenvalue weighted by atomic mass is 9.97. The summed E-state index contributed by atoms with van der Waals surface area (Å²) in [6.45, 7) is 6.01. The molecule has 0 radical (unpaired) electrons. The van der Waals surface area contributed by atoms with Gasteiger partial charge in [0.25, 0.3) is 0 Å². The van der Waals surface area contributed by atoms with E-state index in [1.165, 1.54) is 0 Å². The molecule has 0 saturated heterocycles. The van der Waals surface area contributed by atoms with Crippen LogP contribution < -0.4 is 0 Å². The second-order valence-corrected chi connectivity index (χ2v) is 5.45. The minimum atomic E-state index is 0.00727. The number of carbonyl (C=O) groups is 1. The molecule has 2 aromatic rings. The first kappa shape index (κ1) is 14.7. The summed E-state index contributed by atoms with van der Waals surface area (Å²) in [6.07, 6.45) is 1.80. The van der Waals surface area contributed by atoms with Crippen molar-refractivity contribution < 1.29 is 4.79 Å². The zero-order chi connectivity index (χ0) is 14.7. The van der Waals surface area contributed by atoms with Gasteiger partial charge in [0.2, 0.25) is 0 Å². The van der Waals surface area contributed by atoms with E-state index in [1.54, 1.807) is 6.07 Å². The van der Waals surface area contributed by atoms with Crippen LogP contribution in [0.3, 0.4) is 0 Å². The largest absolute Gasteiger partial charge is 0.289 e.